The number of anilines is 1. The lowest BCUT2D eigenvalue weighted by Crippen LogP contribution is -2.30. The Kier molecular flexibility index (Phi) is 4.99. The van der Waals surface area contributed by atoms with Gasteiger partial charge in [0.2, 0.25) is 0 Å². The van der Waals surface area contributed by atoms with Crippen LogP contribution < -0.4 is 5.73 Å². The Balaban J connectivity index is 3.00. The lowest BCUT2D eigenvalue weighted by molar-refractivity contribution is -0.136. The molecule has 0 spiro atoms. The van der Waals surface area contributed by atoms with E-state index in [0.717, 1.165) is 12.1 Å². The maximum atomic E-state index is 12.7. The molecule has 7 heteroatoms. The molecule has 0 fully saturated rings. The minimum atomic E-state index is -4.60. The van der Waals surface area contributed by atoms with Gasteiger partial charge in [0.25, 0.3) is 5.91 Å². The number of hydrogen-bond donors (Lipinski definition) is 2. The zero-order chi connectivity index (χ0) is 15.5. The minimum Gasteiger partial charge on any atom is -0.398 e. The quantitative estimate of drug-likeness (QED) is 0.835. The van der Waals surface area contributed by atoms with Gasteiger partial charge in [0.05, 0.1) is 22.9 Å². The van der Waals surface area contributed by atoms with Gasteiger partial charge >= 0.3 is 6.18 Å². The Bertz CT molecular complexity index is 487. The lowest BCUT2D eigenvalue weighted by Gasteiger charge is -2.20. The van der Waals surface area contributed by atoms with Crippen molar-refractivity contribution in [3.8, 4) is 0 Å². The van der Waals surface area contributed by atoms with Gasteiger partial charge in [-0.3, -0.25) is 4.79 Å². The van der Waals surface area contributed by atoms with E-state index < -0.39 is 29.4 Å². The molecule has 0 saturated heterocycles. The second-order valence-corrected chi connectivity index (χ2v) is 4.63. The van der Waals surface area contributed by atoms with Gasteiger partial charge in [0, 0.05) is 13.6 Å². The fourth-order valence-electron chi connectivity index (χ4n) is 1.69. The summed E-state index contributed by atoms with van der Waals surface area (Å²) in [5.74, 6) is -0.603. The fraction of sp³-hybridized carbons (Fsp3) is 0.462. The summed E-state index contributed by atoms with van der Waals surface area (Å²) in [5, 5.41) is 9.15. The molecule has 0 aliphatic rings. The molecule has 1 aromatic carbocycles. The first-order valence-corrected chi connectivity index (χ1v) is 6.03. The number of halogens is 3. The first-order chi connectivity index (χ1) is 9.14. The van der Waals surface area contributed by atoms with Crippen LogP contribution in [0.5, 0.6) is 0 Å². The zero-order valence-electron chi connectivity index (χ0n) is 11.2. The molecule has 0 heterocycles. The normalized spacial score (nSPS) is 13.1. The second kappa shape index (κ2) is 6.13. The van der Waals surface area contributed by atoms with Gasteiger partial charge in [-0.1, -0.05) is 6.07 Å². The van der Waals surface area contributed by atoms with Crippen LogP contribution >= 0.6 is 0 Å². The summed E-state index contributed by atoms with van der Waals surface area (Å²) >= 11 is 0. The standard InChI is InChI=1S/C13H17F3N2O2/c1-8(19)6-7-18(2)12(20)9-4-3-5-10(11(9)17)13(14,15)16/h3-5,8,19H,6-7,17H2,1-2H3. The highest BCUT2D eigenvalue weighted by molar-refractivity contribution is 5.99. The van der Waals surface area contributed by atoms with Gasteiger partial charge in [-0.2, -0.15) is 13.2 Å². The molecule has 4 nitrogen and oxygen atoms in total. The Labute approximate surface area is 115 Å². The number of para-hydroxylation sites is 1. The van der Waals surface area contributed by atoms with Crippen LogP contribution in [0.3, 0.4) is 0 Å². The molecule has 0 aliphatic carbocycles. The summed E-state index contributed by atoms with van der Waals surface area (Å²) in [6.07, 6.45) is -4.86. The lowest BCUT2D eigenvalue weighted by atomic mass is 10.1. The molecule has 0 radical (unpaired) electrons. The number of alkyl halides is 3. The summed E-state index contributed by atoms with van der Waals surface area (Å²) in [6, 6.07) is 3.24. The van der Waals surface area contributed by atoms with E-state index in [-0.39, 0.29) is 12.1 Å². The monoisotopic (exact) mass is 290 g/mol. The van der Waals surface area contributed by atoms with Gasteiger partial charge in [-0.05, 0) is 25.5 Å². The number of carbonyl (C=O) groups excluding carboxylic acids is 1. The molecule has 3 N–H and O–H groups in total. The van der Waals surface area contributed by atoms with Crippen molar-refractivity contribution in [2.45, 2.75) is 25.6 Å². The number of carbonyl (C=O) groups is 1. The van der Waals surface area contributed by atoms with Crippen molar-refractivity contribution in [1.29, 1.82) is 0 Å². The third-order valence-electron chi connectivity index (χ3n) is 2.87. The molecule has 1 amide bonds. The molecule has 1 aromatic rings. The maximum absolute atomic E-state index is 12.7. The molecule has 0 aromatic heterocycles. The fourth-order valence-corrected chi connectivity index (χ4v) is 1.69. The van der Waals surface area contributed by atoms with Crippen molar-refractivity contribution in [1.82, 2.24) is 4.90 Å². The predicted molar refractivity (Wildman–Crippen MR) is 69.1 cm³/mol. The summed E-state index contributed by atoms with van der Waals surface area (Å²) in [4.78, 5) is 13.3. The van der Waals surface area contributed by atoms with E-state index in [1.807, 2.05) is 0 Å². The summed E-state index contributed by atoms with van der Waals surface area (Å²) in [7, 11) is 1.45. The molecule has 0 saturated carbocycles. The number of hydrogen-bond acceptors (Lipinski definition) is 3. The van der Waals surface area contributed by atoms with Crippen molar-refractivity contribution in [3.05, 3.63) is 29.3 Å². The SMILES string of the molecule is CC(O)CCN(C)C(=O)c1cccc(C(F)(F)F)c1N. The average molecular weight is 290 g/mol. The van der Waals surface area contributed by atoms with Crippen LogP contribution in [0.2, 0.25) is 0 Å². The van der Waals surface area contributed by atoms with Crippen molar-refractivity contribution in [2.75, 3.05) is 19.3 Å². The molecular formula is C13H17F3N2O2. The molecule has 1 rings (SSSR count). The number of amides is 1. The van der Waals surface area contributed by atoms with Crippen molar-refractivity contribution in [2.24, 2.45) is 0 Å². The number of benzene rings is 1. The predicted octanol–water partition coefficient (Wildman–Crippen LogP) is 2.13. The zero-order valence-corrected chi connectivity index (χ0v) is 11.2. The highest BCUT2D eigenvalue weighted by atomic mass is 19.4. The van der Waals surface area contributed by atoms with Crippen molar-refractivity contribution >= 4 is 11.6 Å². The number of nitrogens with two attached hydrogens (primary N) is 1. The second-order valence-electron chi connectivity index (χ2n) is 4.63. The topological polar surface area (TPSA) is 66.6 Å². The molecule has 0 bridgehead atoms. The number of aliphatic hydroxyl groups excluding tert-OH is 1. The van der Waals surface area contributed by atoms with E-state index in [2.05, 4.69) is 0 Å². The van der Waals surface area contributed by atoms with Crippen LogP contribution in [0.4, 0.5) is 18.9 Å². The minimum absolute atomic E-state index is 0.187. The summed E-state index contributed by atoms with van der Waals surface area (Å²) in [6.45, 7) is 1.79. The Morgan fingerprint density at radius 1 is 1.45 bits per heavy atom. The van der Waals surface area contributed by atoms with E-state index >= 15 is 0 Å². The maximum Gasteiger partial charge on any atom is 0.418 e. The van der Waals surface area contributed by atoms with E-state index in [4.69, 9.17) is 10.8 Å². The van der Waals surface area contributed by atoms with Gasteiger partial charge < -0.3 is 15.7 Å². The van der Waals surface area contributed by atoms with E-state index in [1.165, 1.54) is 18.0 Å². The smallest absolute Gasteiger partial charge is 0.398 e. The van der Waals surface area contributed by atoms with Crippen molar-refractivity contribution < 1.29 is 23.1 Å². The Morgan fingerprint density at radius 2 is 2.05 bits per heavy atom. The summed E-state index contributed by atoms with van der Waals surface area (Å²) in [5.41, 5.74) is 3.66. The summed E-state index contributed by atoms with van der Waals surface area (Å²) < 4.78 is 38.1. The van der Waals surface area contributed by atoms with Gasteiger partial charge in [0.1, 0.15) is 0 Å². The van der Waals surface area contributed by atoms with Crippen LogP contribution in [-0.4, -0.2) is 35.6 Å². The third kappa shape index (κ3) is 3.86. The highest BCUT2D eigenvalue weighted by Gasteiger charge is 2.34. The van der Waals surface area contributed by atoms with E-state index in [0.29, 0.717) is 6.42 Å². The van der Waals surface area contributed by atoms with Crippen LogP contribution in [0.15, 0.2) is 18.2 Å². The Morgan fingerprint density at radius 3 is 2.55 bits per heavy atom. The number of nitrogen functional groups attached to an aromatic ring is 1. The Hall–Kier alpha value is -1.76. The van der Waals surface area contributed by atoms with Gasteiger partial charge in [-0.25, -0.2) is 0 Å². The molecule has 0 aliphatic heterocycles. The number of aliphatic hydroxyl groups is 1. The first-order valence-electron chi connectivity index (χ1n) is 6.03. The third-order valence-corrected chi connectivity index (χ3v) is 2.87. The first kappa shape index (κ1) is 16.3. The number of nitrogens with zero attached hydrogens (tertiary/aromatic N) is 1. The van der Waals surface area contributed by atoms with E-state index in [9.17, 15) is 18.0 Å². The molecule has 1 unspecified atom stereocenters. The van der Waals surface area contributed by atoms with Crippen LogP contribution in [0.1, 0.15) is 29.3 Å². The highest BCUT2D eigenvalue weighted by Crippen LogP contribution is 2.35. The van der Waals surface area contributed by atoms with Gasteiger partial charge in [0.15, 0.2) is 0 Å². The number of rotatable bonds is 4. The molecule has 20 heavy (non-hydrogen) atoms. The molecule has 1 atom stereocenters. The largest absolute Gasteiger partial charge is 0.418 e. The van der Waals surface area contributed by atoms with E-state index in [1.54, 1.807) is 6.92 Å². The van der Waals surface area contributed by atoms with Crippen molar-refractivity contribution in [3.63, 3.8) is 0 Å². The van der Waals surface area contributed by atoms with Crippen LogP contribution in [0, 0.1) is 0 Å². The van der Waals surface area contributed by atoms with Gasteiger partial charge in [-0.15, -0.1) is 0 Å². The molecular weight excluding hydrogens is 273 g/mol. The van der Waals surface area contributed by atoms with Crippen LogP contribution in [0.25, 0.3) is 0 Å². The van der Waals surface area contributed by atoms with Crippen LogP contribution in [-0.2, 0) is 6.18 Å². The average Bonchev–Trinajstić information content (AvgIpc) is 2.33. The molecule has 112 valence electrons.